The first-order valence-electron chi connectivity index (χ1n) is 5.71. The van der Waals surface area contributed by atoms with E-state index in [1.807, 2.05) is 0 Å². The Kier molecular flexibility index (Phi) is 6.29. The zero-order valence-corrected chi connectivity index (χ0v) is 11.7. The van der Waals surface area contributed by atoms with Crippen molar-refractivity contribution >= 4 is 21.8 Å². The summed E-state index contributed by atoms with van der Waals surface area (Å²) in [6.07, 6.45) is 0.806. The van der Waals surface area contributed by atoms with E-state index in [-0.39, 0.29) is 5.91 Å². The van der Waals surface area contributed by atoms with Gasteiger partial charge in [-0.05, 0) is 40.4 Å². The average Bonchev–Trinajstić information content (AvgIpc) is 2.69. The van der Waals surface area contributed by atoms with Crippen LogP contribution in [0, 0.1) is 5.92 Å². The van der Waals surface area contributed by atoms with Gasteiger partial charge in [0.2, 0.25) is 0 Å². The first-order valence-corrected chi connectivity index (χ1v) is 6.50. The van der Waals surface area contributed by atoms with Crippen LogP contribution >= 0.6 is 15.9 Å². The Hall–Kier alpha value is -0.810. The van der Waals surface area contributed by atoms with E-state index in [9.17, 15) is 4.79 Å². The van der Waals surface area contributed by atoms with Gasteiger partial charge in [0.1, 0.15) is 0 Å². The van der Waals surface area contributed by atoms with Gasteiger partial charge >= 0.3 is 0 Å². The van der Waals surface area contributed by atoms with Crippen LogP contribution < -0.4 is 5.32 Å². The lowest BCUT2D eigenvalue weighted by atomic mass is 10.2. The summed E-state index contributed by atoms with van der Waals surface area (Å²) in [4.78, 5) is 11.5. The van der Waals surface area contributed by atoms with Crippen molar-refractivity contribution in [3.8, 4) is 0 Å². The summed E-state index contributed by atoms with van der Waals surface area (Å²) in [5.74, 6) is 0.671. The van der Waals surface area contributed by atoms with Crippen molar-refractivity contribution in [2.45, 2.75) is 20.3 Å². The molecule has 1 aromatic rings. The van der Waals surface area contributed by atoms with Crippen molar-refractivity contribution in [3.63, 3.8) is 0 Å². The van der Waals surface area contributed by atoms with E-state index >= 15 is 0 Å². The fourth-order valence-electron chi connectivity index (χ4n) is 1.22. The number of carbonyl (C=O) groups is 1. The van der Waals surface area contributed by atoms with Gasteiger partial charge in [-0.1, -0.05) is 13.8 Å². The van der Waals surface area contributed by atoms with Gasteiger partial charge in [0.15, 0.2) is 10.4 Å². The number of nitrogens with one attached hydrogen (secondary N) is 1. The Bertz CT molecular complexity index is 349. The number of furan rings is 1. The van der Waals surface area contributed by atoms with Crippen LogP contribution in [0.1, 0.15) is 30.8 Å². The smallest absolute Gasteiger partial charge is 0.287 e. The molecule has 1 amide bonds. The Labute approximate surface area is 110 Å². The minimum atomic E-state index is -0.195. The average molecular weight is 304 g/mol. The molecule has 0 saturated heterocycles. The van der Waals surface area contributed by atoms with Crippen molar-refractivity contribution in [3.05, 3.63) is 22.6 Å². The quantitative estimate of drug-likeness (QED) is 0.788. The van der Waals surface area contributed by atoms with Gasteiger partial charge in [0, 0.05) is 19.8 Å². The van der Waals surface area contributed by atoms with Crippen molar-refractivity contribution in [1.29, 1.82) is 0 Å². The van der Waals surface area contributed by atoms with Crippen LogP contribution in [0.15, 0.2) is 21.2 Å². The molecule has 1 N–H and O–H groups in total. The topological polar surface area (TPSA) is 51.5 Å². The van der Waals surface area contributed by atoms with Crippen LogP contribution in [-0.2, 0) is 4.74 Å². The second-order valence-corrected chi connectivity index (χ2v) is 4.96. The highest BCUT2D eigenvalue weighted by molar-refractivity contribution is 9.10. The monoisotopic (exact) mass is 303 g/mol. The van der Waals surface area contributed by atoms with Crippen molar-refractivity contribution < 1.29 is 13.9 Å². The zero-order valence-electron chi connectivity index (χ0n) is 10.2. The summed E-state index contributed by atoms with van der Waals surface area (Å²) in [6, 6.07) is 3.33. The van der Waals surface area contributed by atoms with E-state index in [1.165, 1.54) is 0 Å². The molecular formula is C12H18BrNO3. The second-order valence-electron chi connectivity index (χ2n) is 4.18. The largest absolute Gasteiger partial charge is 0.444 e. The third-order valence-electron chi connectivity index (χ3n) is 2.00. The van der Waals surface area contributed by atoms with E-state index < -0.39 is 0 Å². The molecule has 0 fully saturated rings. The van der Waals surface area contributed by atoms with Gasteiger partial charge in [0.05, 0.1) is 0 Å². The van der Waals surface area contributed by atoms with Gasteiger partial charge in [-0.3, -0.25) is 4.79 Å². The molecule has 1 rings (SSSR count). The molecule has 17 heavy (non-hydrogen) atoms. The molecule has 0 spiro atoms. The molecule has 0 radical (unpaired) electrons. The minimum absolute atomic E-state index is 0.195. The van der Waals surface area contributed by atoms with E-state index in [2.05, 4.69) is 35.1 Å². The Morgan fingerprint density at radius 1 is 1.53 bits per heavy atom. The Morgan fingerprint density at radius 2 is 2.29 bits per heavy atom. The third kappa shape index (κ3) is 5.89. The highest BCUT2D eigenvalue weighted by Crippen LogP contribution is 2.13. The molecule has 1 aromatic heterocycles. The summed E-state index contributed by atoms with van der Waals surface area (Å²) < 4.78 is 11.1. The fourth-order valence-corrected chi connectivity index (χ4v) is 1.53. The maximum absolute atomic E-state index is 11.5. The predicted octanol–water partition coefficient (Wildman–Crippen LogP) is 2.83. The second kappa shape index (κ2) is 7.50. The van der Waals surface area contributed by atoms with Crippen LogP contribution in [0.3, 0.4) is 0 Å². The van der Waals surface area contributed by atoms with Crippen LogP contribution in [0.4, 0.5) is 0 Å². The number of ether oxygens (including phenoxy) is 1. The molecule has 0 unspecified atom stereocenters. The molecule has 5 heteroatoms. The molecule has 1 heterocycles. The third-order valence-corrected chi connectivity index (χ3v) is 2.43. The van der Waals surface area contributed by atoms with Crippen LogP contribution in [-0.4, -0.2) is 25.7 Å². The van der Waals surface area contributed by atoms with Crippen molar-refractivity contribution in [2.75, 3.05) is 19.8 Å². The molecule has 0 atom stereocenters. The van der Waals surface area contributed by atoms with Crippen LogP contribution in [0.5, 0.6) is 0 Å². The number of carbonyl (C=O) groups excluding carboxylic acids is 1. The molecule has 0 bridgehead atoms. The summed E-state index contributed by atoms with van der Waals surface area (Å²) in [6.45, 7) is 6.24. The summed E-state index contributed by atoms with van der Waals surface area (Å²) in [5, 5.41) is 2.77. The fraction of sp³-hybridized carbons (Fsp3) is 0.583. The van der Waals surface area contributed by atoms with Crippen molar-refractivity contribution in [2.24, 2.45) is 5.92 Å². The number of hydrogen-bond donors (Lipinski definition) is 1. The van der Waals surface area contributed by atoms with Gasteiger partial charge in [0.25, 0.3) is 5.91 Å². The summed E-state index contributed by atoms with van der Waals surface area (Å²) in [7, 11) is 0. The lowest BCUT2D eigenvalue weighted by molar-refractivity contribution is 0.0899. The number of amides is 1. The first kappa shape index (κ1) is 14.3. The molecule has 0 aliphatic carbocycles. The highest BCUT2D eigenvalue weighted by atomic mass is 79.9. The van der Waals surface area contributed by atoms with Gasteiger partial charge in [-0.25, -0.2) is 0 Å². The number of hydrogen-bond acceptors (Lipinski definition) is 3. The molecular weight excluding hydrogens is 286 g/mol. The van der Waals surface area contributed by atoms with Gasteiger partial charge in [-0.15, -0.1) is 0 Å². The van der Waals surface area contributed by atoms with Gasteiger partial charge in [-0.2, -0.15) is 0 Å². The predicted molar refractivity (Wildman–Crippen MR) is 69.0 cm³/mol. The first-order chi connectivity index (χ1) is 8.09. The molecule has 96 valence electrons. The molecule has 0 saturated carbocycles. The van der Waals surface area contributed by atoms with E-state index in [1.54, 1.807) is 12.1 Å². The maximum Gasteiger partial charge on any atom is 0.287 e. The van der Waals surface area contributed by atoms with E-state index in [0.717, 1.165) is 13.0 Å². The Balaban J connectivity index is 2.09. The van der Waals surface area contributed by atoms with E-state index in [0.29, 0.717) is 29.5 Å². The van der Waals surface area contributed by atoms with Crippen molar-refractivity contribution in [1.82, 2.24) is 5.32 Å². The SMILES string of the molecule is CC(C)COCCCNC(=O)c1ccc(Br)o1. The molecule has 0 aliphatic heterocycles. The lowest BCUT2D eigenvalue weighted by Gasteiger charge is -2.06. The maximum atomic E-state index is 11.5. The summed E-state index contributed by atoms with van der Waals surface area (Å²) in [5.41, 5.74) is 0. The Morgan fingerprint density at radius 3 is 2.88 bits per heavy atom. The highest BCUT2D eigenvalue weighted by Gasteiger charge is 2.08. The van der Waals surface area contributed by atoms with Gasteiger partial charge < -0.3 is 14.5 Å². The standard InChI is InChI=1S/C12H18BrNO3/c1-9(2)8-16-7-3-6-14-12(15)10-4-5-11(13)17-10/h4-5,9H,3,6-8H2,1-2H3,(H,14,15). The minimum Gasteiger partial charge on any atom is -0.444 e. The lowest BCUT2D eigenvalue weighted by Crippen LogP contribution is -2.25. The molecule has 0 aliphatic rings. The van der Waals surface area contributed by atoms with Crippen LogP contribution in [0.2, 0.25) is 0 Å². The molecule has 4 nitrogen and oxygen atoms in total. The summed E-state index contributed by atoms with van der Waals surface area (Å²) >= 11 is 3.15. The zero-order chi connectivity index (χ0) is 12.7. The molecule has 0 aromatic carbocycles. The normalized spacial score (nSPS) is 10.8. The number of halogens is 1. The van der Waals surface area contributed by atoms with E-state index in [4.69, 9.17) is 9.15 Å². The van der Waals surface area contributed by atoms with Crippen LogP contribution in [0.25, 0.3) is 0 Å². The number of rotatable bonds is 7.